The van der Waals surface area contributed by atoms with E-state index in [-0.39, 0.29) is 23.8 Å². The summed E-state index contributed by atoms with van der Waals surface area (Å²) in [6, 6.07) is 22.5. The van der Waals surface area contributed by atoms with Crippen molar-refractivity contribution in [2.75, 3.05) is 11.5 Å². The Balaban J connectivity index is 1.53. The lowest BCUT2D eigenvalue weighted by Gasteiger charge is -2.30. The Morgan fingerprint density at radius 1 is 1.03 bits per heavy atom. The van der Waals surface area contributed by atoms with Gasteiger partial charge >= 0.3 is 0 Å². The predicted octanol–water partition coefficient (Wildman–Crippen LogP) is 6.07. The van der Waals surface area contributed by atoms with Crippen LogP contribution in [0.4, 0.5) is 5.69 Å². The number of carbonyl (C=O) groups excluding carboxylic acids is 2. The highest BCUT2D eigenvalue weighted by atomic mass is 32.2. The van der Waals surface area contributed by atoms with Crippen molar-refractivity contribution in [3.8, 4) is 16.9 Å². The van der Waals surface area contributed by atoms with Crippen molar-refractivity contribution in [1.29, 1.82) is 0 Å². The minimum absolute atomic E-state index is 0.00946. The summed E-state index contributed by atoms with van der Waals surface area (Å²) in [5, 5.41) is 2.63. The van der Waals surface area contributed by atoms with Crippen molar-refractivity contribution in [3.05, 3.63) is 88.3 Å². The summed E-state index contributed by atoms with van der Waals surface area (Å²) in [4.78, 5) is 27.5. The highest BCUT2D eigenvalue weighted by molar-refractivity contribution is 8.26. The molecule has 3 aromatic rings. The number of ether oxygens (including phenoxy) is 1. The summed E-state index contributed by atoms with van der Waals surface area (Å²) in [6.45, 7) is 6.99. The van der Waals surface area contributed by atoms with E-state index in [1.165, 1.54) is 17.3 Å². The first-order chi connectivity index (χ1) is 17.2. The van der Waals surface area contributed by atoms with Crippen molar-refractivity contribution < 1.29 is 14.3 Å². The molecule has 36 heavy (non-hydrogen) atoms. The fourth-order valence-electron chi connectivity index (χ4n) is 4.25. The number of fused-ring (bicyclic) bond motifs is 1. The zero-order chi connectivity index (χ0) is 25.4. The normalized spacial score (nSPS) is 16.7. The van der Waals surface area contributed by atoms with E-state index in [0.29, 0.717) is 27.2 Å². The molecule has 182 valence electrons. The Kier molecular flexibility index (Phi) is 6.45. The standard InChI is InChI=1S/C29H26N2O3S2/c1-29(2,3)22-12-19(11-21(15-22)20-7-5-4-6-8-20)16-31-23-13-18(9-10-24(23)34-17-26(31)32)14-25-27(33)30-28(35)36-25/h4-15H,16-17H2,1-3H3,(H,30,33,35). The van der Waals surface area contributed by atoms with E-state index in [0.717, 1.165) is 22.3 Å². The van der Waals surface area contributed by atoms with Gasteiger partial charge in [-0.1, -0.05) is 93.3 Å². The van der Waals surface area contributed by atoms with Crippen molar-refractivity contribution in [3.63, 3.8) is 0 Å². The number of amides is 2. The van der Waals surface area contributed by atoms with Crippen molar-refractivity contribution in [2.45, 2.75) is 32.7 Å². The van der Waals surface area contributed by atoms with Gasteiger partial charge in [0.25, 0.3) is 11.8 Å². The van der Waals surface area contributed by atoms with Gasteiger partial charge in [0.2, 0.25) is 0 Å². The summed E-state index contributed by atoms with van der Waals surface area (Å²) < 4.78 is 6.16. The molecule has 0 spiro atoms. The number of nitrogens with zero attached hydrogens (tertiary/aromatic N) is 1. The minimum Gasteiger partial charge on any atom is -0.482 e. The number of anilines is 1. The maximum Gasteiger partial charge on any atom is 0.265 e. The van der Waals surface area contributed by atoms with Crippen molar-refractivity contribution in [1.82, 2.24) is 5.32 Å². The van der Waals surface area contributed by atoms with Gasteiger partial charge in [0.1, 0.15) is 10.1 Å². The molecule has 0 bridgehead atoms. The third-order valence-electron chi connectivity index (χ3n) is 6.17. The molecule has 5 rings (SSSR count). The summed E-state index contributed by atoms with van der Waals surface area (Å²) in [6.07, 6.45) is 1.78. The summed E-state index contributed by atoms with van der Waals surface area (Å²) in [5.41, 5.74) is 5.95. The number of benzene rings is 3. The first-order valence-corrected chi connectivity index (χ1v) is 12.9. The van der Waals surface area contributed by atoms with Crippen LogP contribution in [-0.2, 0) is 21.5 Å². The molecule has 3 aromatic carbocycles. The Bertz CT molecular complexity index is 1410. The van der Waals surface area contributed by atoms with E-state index < -0.39 is 0 Å². The van der Waals surface area contributed by atoms with Crippen LogP contribution in [0.2, 0.25) is 0 Å². The summed E-state index contributed by atoms with van der Waals surface area (Å²) in [5.74, 6) is 0.328. The van der Waals surface area contributed by atoms with Crippen LogP contribution in [0.15, 0.2) is 71.6 Å². The maximum atomic E-state index is 13.0. The minimum atomic E-state index is -0.209. The topological polar surface area (TPSA) is 58.6 Å². The molecule has 1 fully saturated rings. The van der Waals surface area contributed by atoms with Gasteiger partial charge in [0, 0.05) is 0 Å². The number of thiocarbonyl (C=S) groups is 1. The third-order valence-corrected chi connectivity index (χ3v) is 7.34. The quantitative estimate of drug-likeness (QED) is 0.339. The molecule has 2 aliphatic rings. The molecule has 0 aromatic heterocycles. The molecule has 2 amide bonds. The molecular weight excluding hydrogens is 488 g/mol. The van der Waals surface area contributed by atoms with Gasteiger partial charge in [0.15, 0.2) is 6.61 Å². The van der Waals surface area contributed by atoms with E-state index in [1.54, 1.807) is 11.0 Å². The van der Waals surface area contributed by atoms with Gasteiger partial charge in [-0.15, -0.1) is 0 Å². The first kappa shape index (κ1) is 24.3. The predicted molar refractivity (Wildman–Crippen MR) is 150 cm³/mol. The first-order valence-electron chi connectivity index (χ1n) is 11.7. The highest BCUT2D eigenvalue weighted by Crippen LogP contribution is 2.37. The fraction of sp³-hybridized carbons (Fsp3) is 0.207. The maximum absolute atomic E-state index is 13.0. The number of thioether (sulfide) groups is 1. The van der Waals surface area contributed by atoms with Gasteiger partial charge in [-0.05, 0) is 57.5 Å². The van der Waals surface area contributed by atoms with Crippen LogP contribution >= 0.6 is 24.0 Å². The Morgan fingerprint density at radius 2 is 1.81 bits per heavy atom. The number of rotatable bonds is 4. The van der Waals surface area contributed by atoms with Gasteiger partial charge < -0.3 is 15.0 Å². The average Bonchev–Trinajstić information content (AvgIpc) is 3.17. The smallest absolute Gasteiger partial charge is 0.265 e. The third kappa shape index (κ3) is 5.08. The van der Waals surface area contributed by atoms with E-state index in [9.17, 15) is 9.59 Å². The molecule has 1 N–H and O–H groups in total. The zero-order valence-electron chi connectivity index (χ0n) is 20.3. The van der Waals surface area contributed by atoms with Crippen LogP contribution in [0, 0.1) is 0 Å². The second-order valence-electron chi connectivity index (χ2n) is 9.88. The van der Waals surface area contributed by atoms with Gasteiger partial charge in [-0.2, -0.15) is 0 Å². The molecule has 2 aliphatic heterocycles. The van der Waals surface area contributed by atoms with Crippen LogP contribution in [0.1, 0.15) is 37.5 Å². The van der Waals surface area contributed by atoms with Crippen molar-refractivity contribution >= 4 is 51.9 Å². The molecule has 0 radical (unpaired) electrons. The van der Waals surface area contributed by atoms with Crippen LogP contribution in [0.3, 0.4) is 0 Å². The second-order valence-corrected chi connectivity index (χ2v) is 11.6. The summed E-state index contributed by atoms with van der Waals surface area (Å²) in [7, 11) is 0. The lowest BCUT2D eigenvalue weighted by molar-refractivity contribution is -0.121. The Labute approximate surface area is 220 Å². The van der Waals surface area contributed by atoms with Crippen LogP contribution < -0.4 is 15.0 Å². The molecule has 5 nitrogen and oxygen atoms in total. The lowest BCUT2D eigenvalue weighted by atomic mass is 9.84. The lowest BCUT2D eigenvalue weighted by Crippen LogP contribution is -2.38. The van der Waals surface area contributed by atoms with E-state index >= 15 is 0 Å². The molecule has 1 saturated heterocycles. The van der Waals surface area contributed by atoms with Crippen LogP contribution in [0.25, 0.3) is 17.2 Å². The van der Waals surface area contributed by atoms with Gasteiger partial charge in [-0.25, -0.2) is 0 Å². The average molecular weight is 515 g/mol. The molecule has 0 aliphatic carbocycles. The largest absolute Gasteiger partial charge is 0.482 e. The SMILES string of the molecule is CC(C)(C)c1cc(CN2C(=O)COc3ccc(C=C4SC(=S)NC4=O)cc32)cc(-c2ccccc2)c1. The summed E-state index contributed by atoms with van der Waals surface area (Å²) >= 11 is 6.33. The van der Waals surface area contributed by atoms with Gasteiger partial charge in [-0.3, -0.25) is 9.59 Å². The number of hydrogen-bond acceptors (Lipinski definition) is 5. The molecule has 0 unspecified atom stereocenters. The monoisotopic (exact) mass is 514 g/mol. The van der Waals surface area contributed by atoms with Crippen LogP contribution in [-0.4, -0.2) is 22.7 Å². The zero-order valence-corrected chi connectivity index (χ0v) is 22.0. The molecule has 0 saturated carbocycles. The van der Waals surface area contributed by atoms with E-state index in [4.69, 9.17) is 17.0 Å². The molecule has 2 heterocycles. The van der Waals surface area contributed by atoms with Crippen molar-refractivity contribution in [2.24, 2.45) is 0 Å². The van der Waals surface area contributed by atoms with Crippen LogP contribution in [0.5, 0.6) is 5.75 Å². The Hall–Kier alpha value is -3.42. The fourth-order valence-corrected chi connectivity index (χ4v) is 5.30. The number of hydrogen-bond donors (Lipinski definition) is 1. The van der Waals surface area contributed by atoms with E-state index in [1.807, 2.05) is 36.4 Å². The molecular formula is C29H26N2O3S2. The number of carbonyl (C=O) groups is 2. The number of nitrogens with one attached hydrogen (secondary N) is 1. The molecule has 7 heteroatoms. The highest BCUT2D eigenvalue weighted by Gasteiger charge is 2.28. The molecule has 0 atom stereocenters. The van der Waals surface area contributed by atoms with E-state index in [2.05, 4.69) is 56.4 Å². The Morgan fingerprint density at radius 3 is 2.50 bits per heavy atom. The van der Waals surface area contributed by atoms with Gasteiger partial charge in [0.05, 0.1) is 17.1 Å². The second kappa shape index (κ2) is 9.56.